The monoisotopic (exact) mass is 299 g/mol. The number of hydrogen-bond acceptors (Lipinski definition) is 5. The van der Waals surface area contributed by atoms with Crippen LogP contribution in [0.3, 0.4) is 0 Å². The molecule has 2 rings (SSSR count). The van der Waals surface area contributed by atoms with E-state index in [4.69, 9.17) is 14.2 Å². The molecule has 0 N–H and O–H groups in total. The first-order valence-electron chi connectivity index (χ1n) is 8.11. The summed E-state index contributed by atoms with van der Waals surface area (Å²) in [6, 6.07) is 1.26. The van der Waals surface area contributed by atoms with Gasteiger partial charge in [0.1, 0.15) is 5.78 Å². The van der Waals surface area contributed by atoms with E-state index in [9.17, 15) is 4.79 Å². The van der Waals surface area contributed by atoms with Crippen molar-refractivity contribution in [3.05, 3.63) is 0 Å². The number of ether oxygens (including phenoxy) is 3. The van der Waals surface area contributed by atoms with Crippen LogP contribution in [0.4, 0.5) is 0 Å². The van der Waals surface area contributed by atoms with E-state index in [0.717, 1.165) is 12.8 Å². The predicted octanol–water partition coefficient (Wildman–Crippen LogP) is 1.50. The van der Waals surface area contributed by atoms with E-state index in [1.807, 2.05) is 0 Å². The van der Waals surface area contributed by atoms with Crippen LogP contribution in [0, 0.1) is 5.92 Å². The Morgan fingerprint density at radius 3 is 2.19 bits per heavy atom. The highest BCUT2D eigenvalue weighted by molar-refractivity contribution is 5.81. The van der Waals surface area contributed by atoms with Crippen molar-refractivity contribution in [1.29, 1.82) is 0 Å². The molecule has 2 fully saturated rings. The second-order valence-electron chi connectivity index (χ2n) is 6.15. The van der Waals surface area contributed by atoms with Gasteiger partial charge < -0.3 is 19.1 Å². The van der Waals surface area contributed by atoms with Crippen LogP contribution < -0.4 is 0 Å². The highest BCUT2D eigenvalue weighted by atomic mass is 16.5. The zero-order valence-corrected chi connectivity index (χ0v) is 13.4. The highest BCUT2D eigenvalue weighted by Gasteiger charge is 2.40. The summed E-state index contributed by atoms with van der Waals surface area (Å²) in [4.78, 5) is 14.7. The van der Waals surface area contributed by atoms with Crippen LogP contribution in [-0.2, 0) is 19.0 Å². The van der Waals surface area contributed by atoms with E-state index >= 15 is 0 Å². The first kappa shape index (κ1) is 16.9. The molecule has 0 radical (unpaired) electrons. The number of rotatable bonds is 10. The number of hydrogen-bond donors (Lipinski definition) is 0. The molecular formula is C16H29NO4. The lowest BCUT2D eigenvalue weighted by Gasteiger charge is -2.35. The molecule has 0 saturated carbocycles. The maximum Gasteiger partial charge on any atom is 0.138 e. The largest absolute Gasteiger partial charge is 0.382 e. The van der Waals surface area contributed by atoms with Gasteiger partial charge in [-0.3, -0.25) is 4.79 Å². The molecule has 122 valence electrons. The summed E-state index contributed by atoms with van der Waals surface area (Å²) in [6.07, 6.45) is 5.17. The molecule has 2 unspecified atom stereocenters. The van der Waals surface area contributed by atoms with Crippen LogP contribution in [0.1, 0.15) is 32.1 Å². The predicted molar refractivity (Wildman–Crippen MR) is 80.4 cm³/mol. The zero-order chi connectivity index (χ0) is 15.1. The smallest absolute Gasteiger partial charge is 0.138 e. The fourth-order valence-electron chi connectivity index (χ4n) is 3.52. The minimum Gasteiger partial charge on any atom is -0.382 e. The molecule has 5 nitrogen and oxygen atoms in total. The van der Waals surface area contributed by atoms with Gasteiger partial charge in [0.05, 0.1) is 33.0 Å². The average molecular weight is 299 g/mol. The zero-order valence-electron chi connectivity index (χ0n) is 13.4. The Morgan fingerprint density at radius 2 is 1.57 bits per heavy atom. The second-order valence-corrected chi connectivity index (χ2v) is 6.15. The Bertz CT molecular complexity index is 309. The van der Waals surface area contributed by atoms with Crippen LogP contribution >= 0.6 is 0 Å². The molecule has 0 aromatic carbocycles. The van der Waals surface area contributed by atoms with Crippen molar-refractivity contribution in [1.82, 2.24) is 4.90 Å². The highest BCUT2D eigenvalue weighted by Crippen LogP contribution is 2.37. The first-order valence-corrected chi connectivity index (χ1v) is 8.11. The molecule has 0 aliphatic carbocycles. The van der Waals surface area contributed by atoms with Gasteiger partial charge in [0.25, 0.3) is 0 Å². The lowest BCUT2D eigenvalue weighted by molar-refractivity contribution is -0.126. The van der Waals surface area contributed by atoms with Gasteiger partial charge in [-0.05, 0) is 32.7 Å². The van der Waals surface area contributed by atoms with Gasteiger partial charge in [0, 0.05) is 31.5 Å². The molecule has 0 aromatic rings. The lowest BCUT2D eigenvalue weighted by atomic mass is 9.86. The molecule has 0 spiro atoms. The molecule has 2 heterocycles. The van der Waals surface area contributed by atoms with E-state index in [0.29, 0.717) is 57.3 Å². The third-order valence-corrected chi connectivity index (χ3v) is 4.85. The number of carbonyl (C=O) groups is 1. The Hall–Kier alpha value is -0.490. The minimum atomic E-state index is 0.264. The van der Waals surface area contributed by atoms with Crippen molar-refractivity contribution >= 4 is 5.78 Å². The molecule has 2 saturated heterocycles. The van der Waals surface area contributed by atoms with E-state index in [2.05, 4.69) is 11.9 Å². The maximum atomic E-state index is 12.3. The summed E-state index contributed by atoms with van der Waals surface area (Å²) >= 11 is 0. The van der Waals surface area contributed by atoms with Gasteiger partial charge in [-0.25, -0.2) is 0 Å². The summed E-state index contributed by atoms with van der Waals surface area (Å²) < 4.78 is 15.7. The molecular weight excluding hydrogens is 270 g/mol. The number of nitrogens with zero attached hydrogens (tertiary/aromatic N) is 1. The fraction of sp³-hybridized carbons (Fsp3) is 0.938. The third-order valence-electron chi connectivity index (χ3n) is 4.85. The fourth-order valence-corrected chi connectivity index (χ4v) is 3.52. The minimum absolute atomic E-state index is 0.264. The molecule has 5 heteroatoms. The van der Waals surface area contributed by atoms with Gasteiger partial charge in [-0.15, -0.1) is 0 Å². The Labute approximate surface area is 127 Å². The molecule has 2 aliphatic rings. The molecule has 2 bridgehead atoms. The quantitative estimate of drug-likeness (QED) is 0.572. The summed E-state index contributed by atoms with van der Waals surface area (Å²) in [6.45, 7) is 2.84. The van der Waals surface area contributed by atoms with Crippen molar-refractivity contribution in [2.75, 3.05) is 47.2 Å². The summed E-state index contributed by atoms with van der Waals surface area (Å²) in [5, 5.41) is 0. The SMILES string of the molecule is COCCOCCOCCC(=O)C1CC2CCC(C1)N2C. The number of carbonyl (C=O) groups excluding carboxylic acids is 1. The van der Waals surface area contributed by atoms with Gasteiger partial charge in [0.2, 0.25) is 0 Å². The van der Waals surface area contributed by atoms with Crippen LogP contribution in [0.25, 0.3) is 0 Å². The van der Waals surface area contributed by atoms with Crippen molar-refractivity contribution < 1.29 is 19.0 Å². The van der Waals surface area contributed by atoms with Crippen LogP contribution in [0.5, 0.6) is 0 Å². The number of ketones is 1. The van der Waals surface area contributed by atoms with Crippen molar-refractivity contribution in [3.8, 4) is 0 Å². The van der Waals surface area contributed by atoms with E-state index in [-0.39, 0.29) is 5.92 Å². The lowest BCUT2D eigenvalue weighted by Crippen LogP contribution is -2.42. The van der Waals surface area contributed by atoms with Crippen LogP contribution in [0.2, 0.25) is 0 Å². The molecule has 2 aliphatic heterocycles. The molecule has 2 atom stereocenters. The average Bonchev–Trinajstić information content (AvgIpc) is 2.71. The van der Waals surface area contributed by atoms with Crippen molar-refractivity contribution in [3.63, 3.8) is 0 Å². The third kappa shape index (κ3) is 5.02. The summed E-state index contributed by atoms with van der Waals surface area (Å²) in [5.41, 5.74) is 0. The molecule has 0 amide bonds. The molecule has 0 aromatic heterocycles. The van der Waals surface area contributed by atoms with E-state index < -0.39 is 0 Å². The molecule has 21 heavy (non-hydrogen) atoms. The summed E-state index contributed by atoms with van der Waals surface area (Å²) in [5.74, 6) is 0.653. The van der Waals surface area contributed by atoms with Gasteiger partial charge in [-0.1, -0.05) is 0 Å². The topological polar surface area (TPSA) is 48.0 Å². The second kappa shape index (κ2) is 8.83. The number of methoxy groups -OCH3 is 1. The van der Waals surface area contributed by atoms with Gasteiger partial charge >= 0.3 is 0 Å². The van der Waals surface area contributed by atoms with Crippen LogP contribution in [-0.4, -0.2) is 70.0 Å². The van der Waals surface area contributed by atoms with Gasteiger partial charge in [0.15, 0.2) is 0 Å². The van der Waals surface area contributed by atoms with E-state index in [1.54, 1.807) is 7.11 Å². The maximum absolute atomic E-state index is 12.3. The number of piperidine rings is 1. The van der Waals surface area contributed by atoms with Gasteiger partial charge in [-0.2, -0.15) is 0 Å². The standard InChI is InChI=1S/C16H29NO4/c1-17-14-3-4-15(17)12-13(11-14)16(18)5-6-20-9-10-21-8-7-19-2/h13-15H,3-12H2,1-2H3. The normalized spacial score (nSPS) is 29.0. The van der Waals surface area contributed by atoms with Crippen LogP contribution in [0.15, 0.2) is 0 Å². The number of fused-ring (bicyclic) bond motifs is 2. The van der Waals surface area contributed by atoms with E-state index in [1.165, 1.54) is 12.8 Å². The summed E-state index contributed by atoms with van der Waals surface area (Å²) in [7, 11) is 3.86. The van der Waals surface area contributed by atoms with Crippen molar-refractivity contribution in [2.24, 2.45) is 5.92 Å². The Kier molecular flexibility index (Phi) is 7.10. The number of Topliss-reactive ketones (excluding diaryl/α,β-unsaturated/α-hetero) is 1. The van der Waals surface area contributed by atoms with Crippen molar-refractivity contribution in [2.45, 2.75) is 44.2 Å². The Morgan fingerprint density at radius 1 is 1.00 bits per heavy atom. The Balaban J connectivity index is 1.52. The first-order chi connectivity index (χ1) is 10.2.